The molecule has 0 bridgehead atoms. The van der Waals surface area contributed by atoms with Gasteiger partial charge in [0.2, 0.25) is 0 Å². The van der Waals surface area contributed by atoms with Crippen LogP contribution in [0, 0.1) is 6.92 Å². The summed E-state index contributed by atoms with van der Waals surface area (Å²) in [5.74, 6) is 1.59. The average Bonchev–Trinajstić information content (AvgIpc) is 2.96. The molecule has 1 aliphatic rings. The van der Waals surface area contributed by atoms with Gasteiger partial charge in [-0.2, -0.15) is 30.0 Å². The monoisotopic (exact) mass is 358 g/mol. The zero-order valence-corrected chi connectivity index (χ0v) is 14.1. The van der Waals surface area contributed by atoms with Crippen molar-refractivity contribution >= 4 is 23.3 Å². The van der Waals surface area contributed by atoms with Crippen LogP contribution in [0.2, 0.25) is 0 Å². The maximum atomic E-state index is 13.2. The molecular formula is C15H17F3N4OS. The number of fused-ring (bicyclic) bond motifs is 1. The highest BCUT2D eigenvalue weighted by atomic mass is 32.2. The number of aromatic nitrogens is 3. The molecule has 0 radical (unpaired) electrons. The third-order valence-corrected chi connectivity index (χ3v) is 5.17. The molecule has 2 aromatic rings. The summed E-state index contributed by atoms with van der Waals surface area (Å²) >= 11 is 1.84. The Bertz CT molecular complexity index is 768. The Morgan fingerprint density at radius 3 is 2.62 bits per heavy atom. The van der Waals surface area contributed by atoms with Crippen LogP contribution in [0.5, 0.6) is 0 Å². The standard InChI is InChI=1S/C15H17F3N4OS/c1-9-7-12(15(16,17)18)22-13(19-9)8-11(20-22)14(23)21(2)10-3-5-24-6-4-10/h7-8,10H,3-6H2,1-2H3. The van der Waals surface area contributed by atoms with E-state index in [9.17, 15) is 18.0 Å². The van der Waals surface area contributed by atoms with Gasteiger partial charge in [-0.05, 0) is 37.3 Å². The Kier molecular flexibility index (Phi) is 4.46. The number of carbonyl (C=O) groups excluding carboxylic acids is 1. The largest absolute Gasteiger partial charge is 0.433 e. The van der Waals surface area contributed by atoms with Gasteiger partial charge in [-0.15, -0.1) is 0 Å². The molecule has 1 aliphatic heterocycles. The van der Waals surface area contributed by atoms with Crippen LogP contribution in [-0.4, -0.2) is 50.0 Å². The normalized spacial score (nSPS) is 16.5. The van der Waals surface area contributed by atoms with Crippen molar-refractivity contribution in [1.82, 2.24) is 19.5 Å². The number of aryl methyl sites for hydroxylation is 1. The topological polar surface area (TPSA) is 50.5 Å². The van der Waals surface area contributed by atoms with Gasteiger partial charge in [0.05, 0.1) is 0 Å². The number of rotatable bonds is 2. The Morgan fingerprint density at radius 2 is 2.00 bits per heavy atom. The summed E-state index contributed by atoms with van der Waals surface area (Å²) in [7, 11) is 1.68. The van der Waals surface area contributed by atoms with E-state index in [1.807, 2.05) is 11.8 Å². The van der Waals surface area contributed by atoms with Gasteiger partial charge in [-0.1, -0.05) is 0 Å². The van der Waals surface area contributed by atoms with Crippen LogP contribution in [0.1, 0.15) is 34.7 Å². The summed E-state index contributed by atoms with van der Waals surface area (Å²) in [5.41, 5.74) is -0.690. The van der Waals surface area contributed by atoms with Crippen LogP contribution in [0.25, 0.3) is 5.65 Å². The maximum absolute atomic E-state index is 13.2. The summed E-state index contributed by atoms with van der Waals surface area (Å²) in [4.78, 5) is 18.2. The summed E-state index contributed by atoms with van der Waals surface area (Å²) < 4.78 is 40.2. The average molecular weight is 358 g/mol. The SMILES string of the molecule is Cc1cc(C(F)(F)F)n2nc(C(=O)N(C)C3CCSCC3)cc2n1. The highest BCUT2D eigenvalue weighted by molar-refractivity contribution is 7.99. The quantitative estimate of drug-likeness (QED) is 0.828. The molecule has 1 saturated heterocycles. The van der Waals surface area contributed by atoms with Crippen LogP contribution >= 0.6 is 11.8 Å². The van der Waals surface area contributed by atoms with E-state index < -0.39 is 11.9 Å². The molecule has 3 heterocycles. The molecule has 0 aromatic carbocycles. The number of carbonyl (C=O) groups is 1. The molecule has 1 amide bonds. The van der Waals surface area contributed by atoms with Crippen molar-refractivity contribution in [3.05, 3.63) is 29.2 Å². The van der Waals surface area contributed by atoms with Crippen molar-refractivity contribution in [3.63, 3.8) is 0 Å². The zero-order valence-electron chi connectivity index (χ0n) is 13.3. The molecule has 0 atom stereocenters. The van der Waals surface area contributed by atoms with Crippen molar-refractivity contribution in [2.24, 2.45) is 0 Å². The van der Waals surface area contributed by atoms with Gasteiger partial charge in [0, 0.05) is 24.8 Å². The van der Waals surface area contributed by atoms with Gasteiger partial charge in [0.1, 0.15) is 5.69 Å². The number of alkyl halides is 3. The highest BCUT2D eigenvalue weighted by Crippen LogP contribution is 2.30. The minimum atomic E-state index is -4.56. The van der Waals surface area contributed by atoms with Crippen LogP contribution in [-0.2, 0) is 6.18 Å². The van der Waals surface area contributed by atoms with Gasteiger partial charge in [0.15, 0.2) is 11.3 Å². The second-order valence-electron chi connectivity index (χ2n) is 5.84. The number of hydrogen-bond donors (Lipinski definition) is 0. The first-order valence-electron chi connectivity index (χ1n) is 7.57. The van der Waals surface area contributed by atoms with Crippen LogP contribution < -0.4 is 0 Å². The fraction of sp³-hybridized carbons (Fsp3) is 0.533. The van der Waals surface area contributed by atoms with Gasteiger partial charge >= 0.3 is 6.18 Å². The lowest BCUT2D eigenvalue weighted by Gasteiger charge is -2.30. The van der Waals surface area contributed by atoms with Crippen LogP contribution in [0.15, 0.2) is 12.1 Å². The van der Waals surface area contributed by atoms with E-state index in [2.05, 4.69) is 10.1 Å². The second-order valence-corrected chi connectivity index (χ2v) is 7.06. The van der Waals surface area contributed by atoms with Crippen LogP contribution in [0.4, 0.5) is 13.2 Å². The highest BCUT2D eigenvalue weighted by Gasteiger charge is 2.35. The summed E-state index contributed by atoms with van der Waals surface area (Å²) in [6, 6.07) is 2.34. The Balaban J connectivity index is 1.97. The van der Waals surface area contributed by atoms with E-state index in [0.29, 0.717) is 4.52 Å². The van der Waals surface area contributed by atoms with Gasteiger partial charge in [-0.25, -0.2) is 9.50 Å². The molecule has 0 spiro atoms. The lowest BCUT2D eigenvalue weighted by atomic mass is 10.1. The lowest BCUT2D eigenvalue weighted by Crippen LogP contribution is -2.39. The third-order valence-electron chi connectivity index (χ3n) is 4.12. The minimum absolute atomic E-state index is 0.0145. The first-order chi connectivity index (χ1) is 11.3. The molecule has 0 N–H and O–H groups in total. The van der Waals surface area contributed by atoms with Crippen molar-refractivity contribution in [1.29, 1.82) is 0 Å². The minimum Gasteiger partial charge on any atom is -0.337 e. The molecule has 1 fully saturated rings. The van der Waals surface area contributed by atoms with E-state index in [-0.39, 0.29) is 29.0 Å². The predicted octanol–water partition coefficient (Wildman–Crippen LogP) is 3.02. The molecule has 2 aromatic heterocycles. The van der Waals surface area contributed by atoms with Gasteiger partial charge < -0.3 is 4.90 Å². The number of nitrogens with zero attached hydrogens (tertiary/aromatic N) is 4. The smallest absolute Gasteiger partial charge is 0.337 e. The van der Waals surface area contributed by atoms with E-state index in [4.69, 9.17) is 0 Å². The van der Waals surface area contributed by atoms with Crippen molar-refractivity contribution in [3.8, 4) is 0 Å². The van der Waals surface area contributed by atoms with E-state index in [1.54, 1.807) is 11.9 Å². The van der Waals surface area contributed by atoms with E-state index in [1.165, 1.54) is 13.0 Å². The molecule has 130 valence electrons. The van der Waals surface area contributed by atoms with E-state index in [0.717, 1.165) is 30.4 Å². The Labute approximate surface area is 141 Å². The summed E-state index contributed by atoms with van der Waals surface area (Å²) in [6.07, 6.45) is -2.80. The summed E-state index contributed by atoms with van der Waals surface area (Å²) in [6.45, 7) is 1.48. The number of thioether (sulfide) groups is 1. The number of amides is 1. The van der Waals surface area contributed by atoms with Crippen LogP contribution in [0.3, 0.4) is 0 Å². The Hall–Kier alpha value is -1.77. The predicted molar refractivity (Wildman–Crippen MR) is 85.2 cm³/mol. The first-order valence-corrected chi connectivity index (χ1v) is 8.72. The maximum Gasteiger partial charge on any atom is 0.433 e. The number of hydrogen-bond acceptors (Lipinski definition) is 4. The molecule has 3 rings (SSSR count). The molecular weight excluding hydrogens is 341 g/mol. The molecule has 5 nitrogen and oxygen atoms in total. The molecule has 0 saturated carbocycles. The fourth-order valence-corrected chi connectivity index (χ4v) is 3.91. The Morgan fingerprint density at radius 1 is 1.33 bits per heavy atom. The molecule has 24 heavy (non-hydrogen) atoms. The molecule has 0 unspecified atom stereocenters. The van der Waals surface area contributed by atoms with Gasteiger partial charge in [-0.3, -0.25) is 4.79 Å². The molecule has 9 heteroatoms. The molecule has 0 aliphatic carbocycles. The van der Waals surface area contributed by atoms with Gasteiger partial charge in [0.25, 0.3) is 5.91 Å². The third kappa shape index (κ3) is 3.22. The summed E-state index contributed by atoms with van der Waals surface area (Å²) in [5, 5.41) is 3.87. The van der Waals surface area contributed by atoms with E-state index >= 15 is 0 Å². The first kappa shape index (κ1) is 17.1. The second kappa shape index (κ2) is 6.27. The lowest BCUT2D eigenvalue weighted by molar-refractivity contribution is -0.142. The van der Waals surface area contributed by atoms with Crippen molar-refractivity contribution in [2.45, 2.75) is 32.0 Å². The number of halogens is 3. The fourth-order valence-electron chi connectivity index (χ4n) is 2.83. The zero-order chi connectivity index (χ0) is 17.5. The van der Waals surface area contributed by atoms with Crippen molar-refractivity contribution in [2.75, 3.05) is 18.6 Å². The van der Waals surface area contributed by atoms with Crippen molar-refractivity contribution < 1.29 is 18.0 Å².